The van der Waals surface area contributed by atoms with E-state index in [2.05, 4.69) is 15.6 Å². The number of carbonyl (C=O) groups excluding carboxylic acids is 2. The number of fused-ring (bicyclic) bond motifs is 1. The normalized spacial score (nSPS) is 10.7. The third-order valence-electron chi connectivity index (χ3n) is 4.58. The van der Waals surface area contributed by atoms with Gasteiger partial charge in [-0.15, -0.1) is 0 Å². The van der Waals surface area contributed by atoms with Crippen LogP contribution in [-0.2, 0) is 16.1 Å². The lowest BCUT2D eigenvalue weighted by Crippen LogP contribution is -2.35. The molecule has 0 bridgehead atoms. The highest BCUT2D eigenvalue weighted by Crippen LogP contribution is 2.34. The second-order valence-corrected chi connectivity index (χ2v) is 6.55. The lowest BCUT2D eigenvalue weighted by atomic mass is 10.1. The van der Waals surface area contributed by atoms with E-state index in [1.807, 2.05) is 54.6 Å². The maximum Gasteiger partial charge on any atom is 0.313 e. The Bertz CT molecular complexity index is 1170. The molecule has 0 aliphatic rings. The van der Waals surface area contributed by atoms with Gasteiger partial charge in [-0.1, -0.05) is 60.7 Å². The van der Waals surface area contributed by atoms with Crippen LogP contribution in [0.1, 0.15) is 5.56 Å². The number of anilines is 1. The van der Waals surface area contributed by atoms with Gasteiger partial charge in [-0.2, -0.15) is 0 Å². The molecule has 0 spiro atoms. The number of H-pyrrole nitrogens is 1. The first kappa shape index (κ1) is 18.4. The maximum absolute atomic E-state index is 13.0. The summed E-state index contributed by atoms with van der Waals surface area (Å²) in [6, 6.07) is 22.8. The molecule has 0 radical (unpaired) electrons. The molecule has 0 aliphatic heterocycles. The van der Waals surface area contributed by atoms with E-state index in [1.165, 1.54) is 12.1 Å². The van der Waals surface area contributed by atoms with Crippen molar-refractivity contribution in [3.8, 4) is 11.3 Å². The van der Waals surface area contributed by atoms with Gasteiger partial charge in [0.15, 0.2) is 0 Å². The van der Waals surface area contributed by atoms with Crippen LogP contribution in [0.4, 0.5) is 10.1 Å². The molecule has 1 aromatic heterocycles. The van der Waals surface area contributed by atoms with E-state index in [1.54, 1.807) is 12.1 Å². The van der Waals surface area contributed by atoms with E-state index in [4.69, 9.17) is 0 Å². The smallest absolute Gasteiger partial charge is 0.313 e. The number of hydrogen-bond acceptors (Lipinski definition) is 2. The van der Waals surface area contributed by atoms with Gasteiger partial charge in [0.05, 0.1) is 11.4 Å². The quantitative estimate of drug-likeness (QED) is 0.459. The number of nitrogens with one attached hydrogen (secondary N) is 3. The Balaban J connectivity index is 1.55. The molecule has 1 heterocycles. The van der Waals surface area contributed by atoms with Gasteiger partial charge < -0.3 is 15.6 Å². The summed E-state index contributed by atoms with van der Waals surface area (Å²) in [7, 11) is 0. The van der Waals surface area contributed by atoms with Crippen molar-refractivity contribution in [1.29, 1.82) is 0 Å². The molecule has 144 valence electrons. The van der Waals surface area contributed by atoms with Crippen molar-refractivity contribution in [1.82, 2.24) is 10.3 Å². The first-order chi connectivity index (χ1) is 14.1. The van der Waals surface area contributed by atoms with Crippen LogP contribution >= 0.6 is 0 Å². The molecule has 0 saturated heterocycles. The summed E-state index contributed by atoms with van der Waals surface area (Å²) >= 11 is 0. The van der Waals surface area contributed by atoms with Crippen LogP contribution in [0.2, 0.25) is 0 Å². The number of aromatic nitrogens is 1. The average molecular weight is 387 g/mol. The highest BCUT2D eigenvalue weighted by Gasteiger charge is 2.19. The minimum atomic E-state index is -0.769. The lowest BCUT2D eigenvalue weighted by Gasteiger charge is -2.09. The van der Waals surface area contributed by atoms with Gasteiger partial charge in [0.2, 0.25) is 0 Å². The van der Waals surface area contributed by atoms with Gasteiger partial charge >= 0.3 is 11.8 Å². The molecular weight excluding hydrogens is 369 g/mol. The number of carbonyl (C=O) groups is 2. The number of amides is 2. The molecule has 3 aromatic carbocycles. The Kier molecular flexibility index (Phi) is 5.07. The molecule has 29 heavy (non-hydrogen) atoms. The highest BCUT2D eigenvalue weighted by atomic mass is 19.1. The molecule has 0 aliphatic carbocycles. The zero-order valence-corrected chi connectivity index (χ0v) is 15.4. The van der Waals surface area contributed by atoms with Crippen LogP contribution < -0.4 is 10.6 Å². The van der Waals surface area contributed by atoms with Crippen molar-refractivity contribution < 1.29 is 14.0 Å². The minimum Gasteiger partial charge on any atom is -0.353 e. The second kappa shape index (κ2) is 7.98. The van der Waals surface area contributed by atoms with Crippen molar-refractivity contribution in [3.05, 3.63) is 90.2 Å². The monoisotopic (exact) mass is 387 g/mol. The van der Waals surface area contributed by atoms with Crippen molar-refractivity contribution in [2.24, 2.45) is 0 Å². The van der Waals surface area contributed by atoms with Gasteiger partial charge in [0.25, 0.3) is 0 Å². The third kappa shape index (κ3) is 4.01. The Labute approximate surface area is 166 Å². The Hall–Kier alpha value is -3.93. The third-order valence-corrected chi connectivity index (χ3v) is 4.58. The molecule has 0 fully saturated rings. The van der Waals surface area contributed by atoms with E-state index in [0.717, 1.165) is 22.2 Å². The maximum atomic E-state index is 13.0. The molecular formula is C23H18FN3O2. The first-order valence-electron chi connectivity index (χ1n) is 9.11. The number of halogens is 1. The number of hydrogen-bond donors (Lipinski definition) is 3. The number of para-hydroxylation sites is 1. The van der Waals surface area contributed by atoms with E-state index in [-0.39, 0.29) is 12.4 Å². The van der Waals surface area contributed by atoms with Crippen LogP contribution in [0.15, 0.2) is 78.9 Å². The summed E-state index contributed by atoms with van der Waals surface area (Å²) in [6.07, 6.45) is 0. The van der Waals surface area contributed by atoms with Crippen LogP contribution in [0.3, 0.4) is 0 Å². The van der Waals surface area contributed by atoms with E-state index >= 15 is 0 Å². The Morgan fingerprint density at radius 3 is 2.28 bits per heavy atom. The van der Waals surface area contributed by atoms with Gasteiger partial charge in [-0.25, -0.2) is 4.39 Å². The molecule has 5 nitrogen and oxygen atoms in total. The molecule has 0 atom stereocenters. The van der Waals surface area contributed by atoms with Crippen LogP contribution in [0, 0.1) is 5.82 Å². The highest BCUT2D eigenvalue weighted by molar-refractivity contribution is 6.40. The van der Waals surface area contributed by atoms with Gasteiger partial charge in [-0.3, -0.25) is 9.59 Å². The fourth-order valence-electron chi connectivity index (χ4n) is 3.13. The van der Waals surface area contributed by atoms with Crippen LogP contribution in [0.5, 0.6) is 0 Å². The van der Waals surface area contributed by atoms with Gasteiger partial charge in [-0.05, 0) is 23.8 Å². The van der Waals surface area contributed by atoms with Gasteiger partial charge in [0, 0.05) is 23.0 Å². The predicted molar refractivity (Wildman–Crippen MR) is 111 cm³/mol. The lowest BCUT2D eigenvalue weighted by molar-refractivity contribution is -0.136. The summed E-state index contributed by atoms with van der Waals surface area (Å²) in [5.74, 6) is -1.89. The van der Waals surface area contributed by atoms with Crippen molar-refractivity contribution in [2.75, 3.05) is 5.32 Å². The minimum absolute atomic E-state index is 0.131. The fourth-order valence-corrected chi connectivity index (χ4v) is 3.13. The largest absolute Gasteiger partial charge is 0.353 e. The fraction of sp³-hybridized carbons (Fsp3) is 0.0435. The molecule has 3 N–H and O–H groups in total. The van der Waals surface area contributed by atoms with Crippen molar-refractivity contribution in [3.63, 3.8) is 0 Å². The number of rotatable bonds is 4. The summed E-state index contributed by atoms with van der Waals surface area (Å²) in [5, 5.41) is 6.10. The zero-order chi connectivity index (χ0) is 20.2. The second-order valence-electron chi connectivity index (χ2n) is 6.55. The van der Waals surface area contributed by atoms with E-state index in [9.17, 15) is 14.0 Å². The van der Waals surface area contributed by atoms with E-state index < -0.39 is 11.8 Å². The van der Waals surface area contributed by atoms with Crippen molar-refractivity contribution in [2.45, 2.75) is 6.54 Å². The van der Waals surface area contributed by atoms with Crippen LogP contribution in [-0.4, -0.2) is 16.8 Å². The van der Waals surface area contributed by atoms with E-state index in [0.29, 0.717) is 11.3 Å². The van der Waals surface area contributed by atoms with Gasteiger partial charge in [0.1, 0.15) is 5.82 Å². The number of aromatic amines is 1. The Morgan fingerprint density at radius 2 is 1.52 bits per heavy atom. The molecule has 0 saturated carbocycles. The molecule has 4 aromatic rings. The number of benzene rings is 3. The zero-order valence-electron chi connectivity index (χ0n) is 15.4. The standard InChI is InChI=1S/C23H18FN3O2/c24-17-12-10-15(11-13-17)14-25-22(28)23(29)27-21-18-8-4-5-9-19(18)26-20(21)16-6-2-1-3-7-16/h1-13,26H,14H2,(H,25,28)(H,27,29). The average Bonchev–Trinajstić information content (AvgIpc) is 3.12. The van der Waals surface area contributed by atoms with Crippen molar-refractivity contribution >= 4 is 28.4 Å². The summed E-state index contributed by atoms with van der Waals surface area (Å²) in [4.78, 5) is 28.1. The Morgan fingerprint density at radius 1 is 0.828 bits per heavy atom. The molecule has 0 unspecified atom stereocenters. The summed E-state index contributed by atoms with van der Waals surface area (Å²) < 4.78 is 13.0. The molecule has 6 heteroatoms. The summed E-state index contributed by atoms with van der Waals surface area (Å²) in [6.45, 7) is 0.131. The first-order valence-corrected chi connectivity index (χ1v) is 9.11. The molecule has 2 amide bonds. The molecule has 4 rings (SSSR count). The SMILES string of the molecule is O=C(NCc1ccc(F)cc1)C(=O)Nc1c(-c2ccccc2)[nH]c2ccccc12. The predicted octanol–water partition coefficient (Wildman–Crippen LogP) is 4.23. The van der Waals surface area contributed by atoms with Crippen LogP contribution in [0.25, 0.3) is 22.2 Å². The topological polar surface area (TPSA) is 74.0 Å². The summed E-state index contributed by atoms with van der Waals surface area (Å²) in [5.41, 5.74) is 3.73.